The highest BCUT2D eigenvalue weighted by Gasteiger charge is 2.16. The summed E-state index contributed by atoms with van der Waals surface area (Å²) in [7, 11) is 0. The number of thiophene rings is 1. The normalized spacial score (nSPS) is 11.9. The van der Waals surface area contributed by atoms with Gasteiger partial charge in [-0.05, 0) is 31.2 Å². The van der Waals surface area contributed by atoms with Crippen molar-refractivity contribution in [3.8, 4) is 0 Å². The fourth-order valence-corrected chi connectivity index (χ4v) is 5.01. The average Bonchev–Trinajstić information content (AvgIpc) is 3.07. The van der Waals surface area contributed by atoms with E-state index in [0.29, 0.717) is 14.2 Å². The number of carbonyl (C=O) groups excluding carboxylic acids is 2. The summed E-state index contributed by atoms with van der Waals surface area (Å²) in [6.07, 6.45) is 0. The van der Waals surface area contributed by atoms with Gasteiger partial charge in [0.05, 0.1) is 26.7 Å². The molecule has 0 aliphatic heterocycles. The van der Waals surface area contributed by atoms with Gasteiger partial charge in [0.2, 0.25) is 0 Å². The Labute approximate surface area is 171 Å². The van der Waals surface area contributed by atoms with Crippen LogP contribution < -0.4 is 4.80 Å². The first-order valence-corrected chi connectivity index (χ1v) is 10.1. The predicted molar refractivity (Wildman–Crippen MR) is 106 cm³/mol. The Morgan fingerprint density at radius 1 is 1.19 bits per heavy atom. The second-order valence-corrected chi connectivity index (χ2v) is 8.77. The van der Waals surface area contributed by atoms with Gasteiger partial charge in [-0.3, -0.25) is 9.59 Å². The Bertz CT molecular complexity index is 1070. The van der Waals surface area contributed by atoms with Crippen LogP contribution in [0.3, 0.4) is 0 Å². The Morgan fingerprint density at radius 2 is 1.96 bits per heavy atom. The van der Waals surface area contributed by atoms with Crippen molar-refractivity contribution in [1.29, 1.82) is 0 Å². The van der Waals surface area contributed by atoms with E-state index in [4.69, 9.17) is 39.5 Å². The van der Waals surface area contributed by atoms with Crippen molar-refractivity contribution in [3.05, 3.63) is 48.3 Å². The number of carbonyl (C=O) groups is 2. The maximum Gasteiger partial charge on any atom is 0.326 e. The number of halogens is 3. The van der Waals surface area contributed by atoms with Gasteiger partial charge in [-0.2, -0.15) is 4.99 Å². The molecule has 1 amide bonds. The van der Waals surface area contributed by atoms with E-state index in [2.05, 4.69) is 4.99 Å². The van der Waals surface area contributed by atoms with Crippen molar-refractivity contribution in [2.45, 2.75) is 13.5 Å². The highest BCUT2D eigenvalue weighted by molar-refractivity contribution is 7.20. The number of fused-ring (bicyclic) bond motifs is 1. The Morgan fingerprint density at radius 3 is 2.62 bits per heavy atom. The predicted octanol–water partition coefficient (Wildman–Crippen LogP) is 5.03. The number of nitrogens with zero attached hydrogens (tertiary/aromatic N) is 2. The highest BCUT2D eigenvalue weighted by Crippen LogP contribution is 2.31. The van der Waals surface area contributed by atoms with Crippen LogP contribution in [0.25, 0.3) is 10.2 Å². The monoisotopic (exact) mass is 448 g/mol. The zero-order valence-electron chi connectivity index (χ0n) is 13.3. The molecule has 0 saturated heterocycles. The number of rotatable bonds is 4. The van der Waals surface area contributed by atoms with Crippen LogP contribution in [0.1, 0.15) is 17.3 Å². The van der Waals surface area contributed by atoms with Crippen LogP contribution in [0.15, 0.2) is 29.3 Å². The minimum Gasteiger partial charge on any atom is -0.465 e. The third-order valence-electron chi connectivity index (χ3n) is 3.32. The molecule has 0 radical (unpaired) electrons. The van der Waals surface area contributed by atoms with Crippen molar-refractivity contribution in [2.24, 2.45) is 4.99 Å². The second kappa shape index (κ2) is 8.10. The molecule has 0 bridgehead atoms. The molecule has 0 unspecified atom stereocenters. The Hall–Kier alpha value is -1.38. The fraction of sp³-hybridized carbons (Fsp3) is 0.188. The molecule has 5 nitrogen and oxygen atoms in total. The first-order chi connectivity index (χ1) is 12.4. The van der Waals surface area contributed by atoms with E-state index in [0.717, 1.165) is 21.6 Å². The Balaban J connectivity index is 2.12. The van der Waals surface area contributed by atoms with Gasteiger partial charge in [0.15, 0.2) is 4.80 Å². The topological polar surface area (TPSA) is 60.7 Å². The molecule has 3 rings (SSSR count). The molecule has 0 saturated carbocycles. The van der Waals surface area contributed by atoms with Crippen molar-refractivity contribution >= 4 is 79.6 Å². The van der Waals surface area contributed by atoms with Crippen molar-refractivity contribution in [3.63, 3.8) is 0 Å². The van der Waals surface area contributed by atoms with E-state index >= 15 is 0 Å². The van der Waals surface area contributed by atoms with E-state index in [1.165, 1.54) is 17.4 Å². The van der Waals surface area contributed by atoms with Gasteiger partial charge in [-0.15, -0.1) is 11.3 Å². The van der Waals surface area contributed by atoms with Crippen LogP contribution in [0.4, 0.5) is 0 Å². The molecule has 0 N–H and O–H groups in total. The van der Waals surface area contributed by atoms with Crippen LogP contribution in [-0.4, -0.2) is 23.1 Å². The zero-order chi connectivity index (χ0) is 18.8. The lowest BCUT2D eigenvalue weighted by molar-refractivity contribution is -0.143. The van der Waals surface area contributed by atoms with Crippen molar-refractivity contribution in [1.82, 2.24) is 4.57 Å². The minimum atomic E-state index is -0.534. The summed E-state index contributed by atoms with van der Waals surface area (Å²) in [6.45, 7) is 1.92. The van der Waals surface area contributed by atoms with Crippen molar-refractivity contribution < 1.29 is 14.3 Å². The molecule has 0 spiro atoms. The lowest BCUT2D eigenvalue weighted by atomic mass is 10.3. The zero-order valence-corrected chi connectivity index (χ0v) is 17.2. The maximum absolute atomic E-state index is 12.5. The van der Waals surface area contributed by atoms with Gasteiger partial charge in [-0.25, -0.2) is 0 Å². The number of hydrogen-bond donors (Lipinski definition) is 0. The van der Waals surface area contributed by atoms with Gasteiger partial charge in [0.25, 0.3) is 5.91 Å². The number of ether oxygens (including phenoxy) is 1. The summed E-state index contributed by atoms with van der Waals surface area (Å²) >= 11 is 20.3. The molecule has 0 atom stereocenters. The van der Waals surface area contributed by atoms with Crippen LogP contribution in [0.2, 0.25) is 13.7 Å². The lowest BCUT2D eigenvalue weighted by Crippen LogP contribution is -2.23. The number of benzene rings is 1. The number of aromatic nitrogens is 1. The van der Waals surface area contributed by atoms with Crippen LogP contribution in [0.5, 0.6) is 0 Å². The molecular weight excluding hydrogens is 439 g/mol. The van der Waals surface area contributed by atoms with Gasteiger partial charge < -0.3 is 9.30 Å². The average molecular weight is 450 g/mol. The summed E-state index contributed by atoms with van der Waals surface area (Å²) in [5, 5.41) is 0.549. The molecule has 0 fully saturated rings. The van der Waals surface area contributed by atoms with Crippen LogP contribution in [-0.2, 0) is 16.1 Å². The number of thiazole rings is 1. The van der Waals surface area contributed by atoms with Gasteiger partial charge in [0.1, 0.15) is 10.9 Å². The summed E-state index contributed by atoms with van der Waals surface area (Å²) in [5.74, 6) is -0.957. The van der Waals surface area contributed by atoms with Gasteiger partial charge in [0, 0.05) is 5.02 Å². The van der Waals surface area contributed by atoms with Gasteiger partial charge in [-0.1, -0.05) is 46.1 Å². The molecule has 3 aromatic rings. The molecule has 0 aliphatic rings. The summed E-state index contributed by atoms with van der Waals surface area (Å²) in [4.78, 5) is 28.9. The number of esters is 1. The molecule has 26 heavy (non-hydrogen) atoms. The summed E-state index contributed by atoms with van der Waals surface area (Å²) in [6, 6.07) is 6.70. The molecule has 0 aliphatic carbocycles. The standard InChI is InChI=1S/C16H11Cl3N2O3S2/c1-2-24-13(22)7-21-10-4-3-8(17)5-11(10)25-16(21)20-15(23)9-6-12(18)26-14(9)19/h3-6H,2,7H2,1H3. The van der Waals surface area contributed by atoms with Gasteiger partial charge >= 0.3 is 5.97 Å². The summed E-state index contributed by atoms with van der Waals surface area (Å²) in [5.41, 5.74) is 0.952. The van der Waals surface area contributed by atoms with Crippen LogP contribution in [0, 0.1) is 0 Å². The second-order valence-electron chi connectivity index (χ2n) is 5.04. The van der Waals surface area contributed by atoms with E-state index in [9.17, 15) is 9.59 Å². The largest absolute Gasteiger partial charge is 0.465 e. The number of amides is 1. The molecular formula is C16H11Cl3N2O3S2. The quantitative estimate of drug-likeness (QED) is 0.525. The number of hydrogen-bond acceptors (Lipinski definition) is 5. The molecule has 10 heteroatoms. The molecule has 2 heterocycles. The van der Waals surface area contributed by atoms with Crippen molar-refractivity contribution in [2.75, 3.05) is 6.61 Å². The van der Waals surface area contributed by atoms with E-state index in [-0.39, 0.29) is 23.1 Å². The van der Waals surface area contributed by atoms with E-state index in [1.807, 2.05) is 0 Å². The Kier molecular flexibility index (Phi) is 6.04. The smallest absolute Gasteiger partial charge is 0.326 e. The van der Waals surface area contributed by atoms with Crippen LogP contribution >= 0.6 is 57.5 Å². The molecule has 1 aromatic carbocycles. The third kappa shape index (κ3) is 4.13. The lowest BCUT2D eigenvalue weighted by Gasteiger charge is -2.05. The SMILES string of the molecule is CCOC(=O)Cn1c(=NC(=O)c2cc(Cl)sc2Cl)sc2cc(Cl)ccc21. The fourth-order valence-electron chi connectivity index (χ4n) is 2.25. The first kappa shape index (κ1) is 19.4. The molecule has 2 aromatic heterocycles. The third-order valence-corrected chi connectivity index (χ3v) is 6.09. The van der Waals surface area contributed by atoms with E-state index < -0.39 is 11.9 Å². The van der Waals surface area contributed by atoms with E-state index in [1.54, 1.807) is 29.7 Å². The highest BCUT2D eigenvalue weighted by atomic mass is 35.5. The first-order valence-electron chi connectivity index (χ1n) is 7.37. The minimum absolute atomic E-state index is 0.0697. The molecule has 136 valence electrons. The maximum atomic E-state index is 12.5. The summed E-state index contributed by atoms with van der Waals surface area (Å²) < 4.78 is 8.09.